The lowest BCUT2D eigenvalue weighted by atomic mass is 10.1. The lowest BCUT2D eigenvalue weighted by molar-refractivity contribution is -0.136. The van der Waals surface area contributed by atoms with Crippen LogP contribution in [0.4, 0.5) is 18.9 Å². The molecule has 3 aromatic rings. The first kappa shape index (κ1) is 16.8. The topological polar surface area (TPSA) is 42.2 Å². The van der Waals surface area contributed by atoms with Crippen LogP contribution in [0.3, 0.4) is 0 Å². The zero-order valence-electron chi connectivity index (χ0n) is 13.3. The van der Waals surface area contributed by atoms with Crippen LogP contribution in [0.2, 0.25) is 0 Å². The third-order valence-corrected chi connectivity index (χ3v) is 3.66. The second-order valence-corrected chi connectivity index (χ2v) is 5.37. The molecule has 128 valence electrons. The van der Waals surface area contributed by atoms with Crippen molar-refractivity contribution in [1.29, 1.82) is 0 Å². The maximum Gasteiger partial charge on any atom is 0.418 e. The molecule has 0 unspecified atom stereocenters. The third kappa shape index (κ3) is 3.88. The first-order valence-electron chi connectivity index (χ1n) is 7.50. The Kier molecular flexibility index (Phi) is 4.56. The van der Waals surface area contributed by atoms with Crippen LogP contribution in [-0.4, -0.2) is 15.3 Å². The Balaban J connectivity index is 1.79. The van der Waals surface area contributed by atoms with Crippen LogP contribution in [-0.2, 0) is 6.18 Å². The number of halogens is 3. The predicted octanol–water partition coefficient (Wildman–Crippen LogP) is 4.73. The summed E-state index contributed by atoms with van der Waals surface area (Å²) in [7, 11) is 0. The minimum absolute atomic E-state index is 0.0793. The molecule has 4 nitrogen and oxygen atoms in total. The lowest BCUT2D eigenvalue weighted by Gasteiger charge is -2.12. The summed E-state index contributed by atoms with van der Waals surface area (Å²) in [6, 6.07) is 12.7. The van der Waals surface area contributed by atoms with Crippen molar-refractivity contribution in [2.45, 2.75) is 13.1 Å². The van der Waals surface area contributed by atoms with Gasteiger partial charge < -0.3 is 4.57 Å². The molecule has 0 aliphatic heterocycles. The fraction of sp³-hybridized carbons (Fsp3) is 0.111. The van der Waals surface area contributed by atoms with Gasteiger partial charge in [0.1, 0.15) is 0 Å². The average Bonchev–Trinajstić information content (AvgIpc) is 3.14. The summed E-state index contributed by atoms with van der Waals surface area (Å²) in [6.45, 7) is 1.73. The average molecular weight is 344 g/mol. The Morgan fingerprint density at radius 3 is 2.44 bits per heavy atom. The molecule has 2 aromatic carbocycles. The number of hydrogen-bond donors (Lipinski definition) is 1. The molecule has 0 aliphatic carbocycles. The number of alkyl halides is 3. The maximum absolute atomic E-state index is 13.0. The van der Waals surface area contributed by atoms with Gasteiger partial charge in [-0.1, -0.05) is 24.3 Å². The molecule has 0 atom stereocenters. The van der Waals surface area contributed by atoms with Crippen LogP contribution in [0.25, 0.3) is 5.69 Å². The first-order valence-corrected chi connectivity index (χ1v) is 7.50. The van der Waals surface area contributed by atoms with E-state index in [4.69, 9.17) is 0 Å². The van der Waals surface area contributed by atoms with Crippen LogP contribution < -0.4 is 5.43 Å². The van der Waals surface area contributed by atoms with Crippen LogP contribution in [0.5, 0.6) is 0 Å². The van der Waals surface area contributed by atoms with Gasteiger partial charge in [-0.2, -0.15) is 18.3 Å². The summed E-state index contributed by atoms with van der Waals surface area (Å²) < 4.78 is 40.8. The van der Waals surface area contributed by atoms with Crippen molar-refractivity contribution in [2.24, 2.45) is 5.10 Å². The van der Waals surface area contributed by atoms with Crippen LogP contribution in [0.15, 0.2) is 72.4 Å². The highest BCUT2D eigenvalue weighted by Crippen LogP contribution is 2.34. The molecule has 0 fully saturated rings. The van der Waals surface area contributed by atoms with Crippen LogP contribution in [0, 0.1) is 0 Å². The van der Waals surface area contributed by atoms with Crippen molar-refractivity contribution < 1.29 is 13.2 Å². The number of nitrogens with one attached hydrogen (secondary N) is 1. The molecule has 1 aromatic heterocycles. The number of anilines is 1. The summed E-state index contributed by atoms with van der Waals surface area (Å²) in [6.07, 6.45) is 0.763. The van der Waals surface area contributed by atoms with Gasteiger partial charge in [-0.05, 0) is 36.8 Å². The Labute approximate surface area is 142 Å². The molecule has 1 heterocycles. The molecule has 25 heavy (non-hydrogen) atoms. The normalized spacial score (nSPS) is 12.2. The van der Waals surface area contributed by atoms with E-state index in [0.29, 0.717) is 5.71 Å². The number of imidazole rings is 1. The number of para-hydroxylation sites is 1. The highest BCUT2D eigenvalue weighted by Gasteiger charge is 2.33. The Morgan fingerprint density at radius 2 is 1.80 bits per heavy atom. The first-order chi connectivity index (χ1) is 11.9. The van der Waals surface area contributed by atoms with E-state index < -0.39 is 11.7 Å². The number of nitrogens with zero attached hydrogens (tertiary/aromatic N) is 3. The van der Waals surface area contributed by atoms with Gasteiger partial charge in [0.15, 0.2) is 0 Å². The van der Waals surface area contributed by atoms with E-state index in [0.717, 1.165) is 17.3 Å². The number of hydrazone groups is 1. The minimum Gasteiger partial charge on any atom is -0.306 e. The van der Waals surface area contributed by atoms with Gasteiger partial charge in [-0.15, -0.1) is 0 Å². The molecule has 0 spiro atoms. The Hall–Kier alpha value is -3.09. The molecular weight excluding hydrogens is 329 g/mol. The van der Waals surface area contributed by atoms with E-state index in [1.54, 1.807) is 19.4 Å². The van der Waals surface area contributed by atoms with Crippen molar-refractivity contribution in [1.82, 2.24) is 9.55 Å². The summed E-state index contributed by atoms with van der Waals surface area (Å²) in [5, 5.41) is 4.08. The quantitative estimate of drug-likeness (QED) is 0.549. The smallest absolute Gasteiger partial charge is 0.306 e. The Morgan fingerprint density at radius 1 is 1.08 bits per heavy atom. The van der Waals surface area contributed by atoms with E-state index in [-0.39, 0.29) is 5.69 Å². The molecule has 0 bridgehead atoms. The van der Waals surface area contributed by atoms with E-state index >= 15 is 0 Å². The van der Waals surface area contributed by atoms with Gasteiger partial charge in [-0.3, -0.25) is 5.43 Å². The zero-order valence-corrected chi connectivity index (χ0v) is 13.3. The monoisotopic (exact) mass is 344 g/mol. The molecule has 3 rings (SSSR count). The maximum atomic E-state index is 13.0. The van der Waals surface area contributed by atoms with Gasteiger partial charge >= 0.3 is 6.18 Å². The molecule has 7 heteroatoms. The van der Waals surface area contributed by atoms with Gasteiger partial charge in [-0.25, -0.2) is 4.98 Å². The van der Waals surface area contributed by atoms with Gasteiger partial charge in [0, 0.05) is 18.1 Å². The zero-order chi connectivity index (χ0) is 17.9. The molecular formula is C18H15F3N4. The fourth-order valence-electron chi connectivity index (χ4n) is 2.32. The summed E-state index contributed by atoms with van der Waals surface area (Å²) in [4.78, 5) is 3.98. The van der Waals surface area contributed by atoms with Gasteiger partial charge in [0.2, 0.25) is 0 Å². The molecule has 0 saturated carbocycles. The van der Waals surface area contributed by atoms with Crippen molar-refractivity contribution in [3.8, 4) is 5.69 Å². The van der Waals surface area contributed by atoms with E-state index in [9.17, 15) is 13.2 Å². The van der Waals surface area contributed by atoms with Gasteiger partial charge in [0.25, 0.3) is 0 Å². The molecule has 0 amide bonds. The lowest BCUT2D eigenvalue weighted by Crippen LogP contribution is -2.09. The van der Waals surface area contributed by atoms with E-state index in [1.807, 2.05) is 35.0 Å². The predicted molar refractivity (Wildman–Crippen MR) is 90.8 cm³/mol. The number of rotatable bonds is 4. The molecule has 0 radical (unpaired) electrons. The fourth-order valence-corrected chi connectivity index (χ4v) is 2.32. The van der Waals surface area contributed by atoms with Crippen molar-refractivity contribution >= 4 is 11.4 Å². The van der Waals surface area contributed by atoms with Crippen LogP contribution >= 0.6 is 0 Å². The van der Waals surface area contributed by atoms with Crippen LogP contribution in [0.1, 0.15) is 18.1 Å². The highest BCUT2D eigenvalue weighted by atomic mass is 19.4. The summed E-state index contributed by atoms with van der Waals surface area (Å²) >= 11 is 0. The highest BCUT2D eigenvalue weighted by molar-refractivity contribution is 5.99. The van der Waals surface area contributed by atoms with E-state index in [2.05, 4.69) is 15.5 Å². The standard InChI is InChI=1S/C18H15F3N4/c1-13(14-6-8-15(9-7-14)25-11-10-22-12-25)23-24-17-5-3-2-4-16(17)18(19,20)21/h2-12,24H,1H3/b23-13-. The minimum atomic E-state index is -4.43. The number of aromatic nitrogens is 2. The van der Waals surface area contributed by atoms with Gasteiger partial charge in [0.05, 0.1) is 23.3 Å². The Bertz CT molecular complexity index is 866. The number of hydrogen-bond acceptors (Lipinski definition) is 3. The van der Waals surface area contributed by atoms with Crippen molar-refractivity contribution in [3.05, 3.63) is 78.4 Å². The molecule has 1 N–H and O–H groups in total. The largest absolute Gasteiger partial charge is 0.418 e. The SMILES string of the molecule is C/C(=N/Nc1ccccc1C(F)(F)F)c1ccc(-n2ccnc2)cc1. The molecule has 0 aliphatic rings. The number of benzene rings is 2. The van der Waals surface area contributed by atoms with E-state index in [1.165, 1.54) is 18.2 Å². The van der Waals surface area contributed by atoms with Crippen molar-refractivity contribution in [2.75, 3.05) is 5.43 Å². The summed E-state index contributed by atoms with van der Waals surface area (Å²) in [5.41, 5.74) is 4.00. The third-order valence-electron chi connectivity index (χ3n) is 3.66. The molecule has 0 saturated heterocycles. The second kappa shape index (κ2) is 6.80. The second-order valence-electron chi connectivity index (χ2n) is 5.37. The summed E-state index contributed by atoms with van der Waals surface area (Å²) in [5.74, 6) is 0. The van der Waals surface area contributed by atoms with Crippen molar-refractivity contribution in [3.63, 3.8) is 0 Å².